The summed E-state index contributed by atoms with van der Waals surface area (Å²) in [7, 11) is 0. The molecule has 19 heavy (non-hydrogen) atoms. The number of aromatic nitrogens is 2. The SMILES string of the molecule is CCc1csc(-c2ncsc2-c2ccc(Cl)cc2)n1. The molecule has 0 N–H and O–H groups in total. The molecule has 2 heterocycles. The third-order valence-corrected chi connectivity index (χ3v) is 4.82. The van der Waals surface area contributed by atoms with E-state index in [-0.39, 0.29) is 0 Å². The number of hydrogen-bond donors (Lipinski definition) is 0. The third-order valence-electron chi connectivity index (χ3n) is 2.79. The first-order valence-corrected chi connectivity index (χ1v) is 8.06. The van der Waals surface area contributed by atoms with E-state index >= 15 is 0 Å². The molecule has 5 heteroatoms. The van der Waals surface area contributed by atoms with Gasteiger partial charge in [-0.05, 0) is 24.1 Å². The van der Waals surface area contributed by atoms with Crippen molar-refractivity contribution in [3.63, 3.8) is 0 Å². The van der Waals surface area contributed by atoms with E-state index in [9.17, 15) is 0 Å². The monoisotopic (exact) mass is 306 g/mol. The van der Waals surface area contributed by atoms with Gasteiger partial charge < -0.3 is 0 Å². The van der Waals surface area contributed by atoms with Gasteiger partial charge in [-0.2, -0.15) is 0 Å². The molecule has 0 radical (unpaired) electrons. The van der Waals surface area contributed by atoms with Crippen molar-refractivity contribution in [2.75, 3.05) is 0 Å². The van der Waals surface area contributed by atoms with Crippen LogP contribution in [0.25, 0.3) is 21.1 Å². The zero-order valence-corrected chi connectivity index (χ0v) is 12.6. The minimum absolute atomic E-state index is 0.748. The minimum Gasteiger partial charge on any atom is -0.241 e. The van der Waals surface area contributed by atoms with E-state index in [1.807, 2.05) is 29.8 Å². The number of thiazole rings is 2. The van der Waals surface area contributed by atoms with Gasteiger partial charge in [-0.25, -0.2) is 9.97 Å². The molecule has 3 aromatic rings. The molecule has 0 aliphatic heterocycles. The van der Waals surface area contributed by atoms with Crippen molar-refractivity contribution in [2.24, 2.45) is 0 Å². The van der Waals surface area contributed by atoms with Crippen LogP contribution in [0.15, 0.2) is 35.2 Å². The largest absolute Gasteiger partial charge is 0.241 e. The molecule has 0 amide bonds. The van der Waals surface area contributed by atoms with Crippen molar-refractivity contribution < 1.29 is 0 Å². The number of aryl methyl sites for hydroxylation is 1. The van der Waals surface area contributed by atoms with Crippen LogP contribution in [-0.4, -0.2) is 9.97 Å². The molecule has 0 saturated heterocycles. The Morgan fingerprint density at radius 1 is 1.16 bits per heavy atom. The van der Waals surface area contributed by atoms with E-state index in [1.54, 1.807) is 22.7 Å². The highest BCUT2D eigenvalue weighted by atomic mass is 35.5. The second-order valence-corrected chi connectivity index (χ2v) is 6.18. The summed E-state index contributed by atoms with van der Waals surface area (Å²) in [6.07, 6.45) is 0.955. The van der Waals surface area contributed by atoms with E-state index in [0.717, 1.165) is 38.3 Å². The lowest BCUT2D eigenvalue weighted by atomic mass is 10.1. The van der Waals surface area contributed by atoms with E-state index in [1.165, 1.54) is 0 Å². The Balaban J connectivity index is 2.04. The van der Waals surface area contributed by atoms with E-state index < -0.39 is 0 Å². The molecular weight excluding hydrogens is 296 g/mol. The Morgan fingerprint density at radius 3 is 2.63 bits per heavy atom. The maximum atomic E-state index is 5.93. The quantitative estimate of drug-likeness (QED) is 0.669. The fraction of sp³-hybridized carbons (Fsp3) is 0.143. The van der Waals surface area contributed by atoms with Crippen LogP contribution < -0.4 is 0 Å². The zero-order valence-electron chi connectivity index (χ0n) is 10.3. The van der Waals surface area contributed by atoms with Gasteiger partial charge in [0, 0.05) is 10.4 Å². The van der Waals surface area contributed by atoms with Crippen molar-refractivity contribution in [2.45, 2.75) is 13.3 Å². The fourth-order valence-corrected chi connectivity index (χ4v) is 3.67. The fourth-order valence-electron chi connectivity index (χ4n) is 1.78. The molecule has 0 bridgehead atoms. The highest BCUT2D eigenvalue weighted by molar-refractivity contribution is 7.16. The lowest BCUT2D eigenvalue weighted by Crippen LogP contribution is -1.83. The Labute approximate surface area is 124 Å². The summed E-state index contributed by atoms with van der Waals surface area (Å²) in [6.45, 7) is 2.11. The number of rotatable bonds is 3. The highest BCUT2D eigenvalue weighted by Gasteiger charge is 2.14. The van der Waals surface area contributed by atoms with Crippen LogP contribution in [0.5, 0.6) is 0 Å². The number of hydrogen-bond acceptors (Lipinski definition) is 4. The summed E-state index contributed by atoms with van der Waals surface area (Å²) in [5.41, 5.74) is 5.09. The van der Waals surface area contributed by atoms with Crippen LogP contribution in [0.4, 0.5) is 0 Å². The van der Waals surface area contributed by atoms with Crippen molar-refractivity contribution in [3.8, 4) is 21.1 Å². The van der Waals surface area contributed by atoms with Gasteiger partial charge in [0.05, 0.1) is 16.1 Å². The van der Waals surface area contributed by atoms with Crippen molar-refractivity contribution >= 4 is 34.3 Å². The number of halogens is 1. The molecule has 1 aromatic carbocycles. The van der Waals surface area contributed by atoms with Gasteiger partial charge in [0.2, 0.25) is 0 Å². The summed E-state index contributed by atoms with van der Waals surface area (Å²) in [5.74, 6) is 0. The van der Waals surface area contributed by atoms with Crippen LogP contribution in [0, 0.1) is 0 Å². The first-order chi connectivity index (χ1) is 9.28. The van der Waals surface area contributed by atoms with Crippen LogP contribution in [0.1, 0.15) is 12.6 Å². The van der Waals surface area contributed by atoms with Gasteiger partial charge in [-0.1, -0.05) is 30.7 Å². The Bertz CT molecular complexity index is 686. The van der Waals surface area contributed by atoms with Gasteiger partial charge in [0.1, 0.15) is 10.7 Å². The Kier molecular flexibility index (Phi) is 3.64. The van der Waals surface area contributed by atoms with Gasteiger partial charge >= 0.3 is 0 Å². The molecule has 0 aliphatic rings. The molecule has 0 atom stereocenters. The first kappa shape index (κ1) is 12.8. The first-order valence-electron chi connectivity index (χ1n) is 5.92. The molecule has 0 unspecified atom stereocenters. The lowest BCUT2D eigenvalue weighted by molar-refractivity contribution is 1.06. The van der Waals surface area contributed by atoms with Crippen LogP contribution in [0.3, 0.4) is 0 Å². The molecule has 2 aromatic heterocycles. The maximum Gasteiger partial charge on any atom is 0.143 e. The predicted molar refractivity (Wildman–Crippen MR) is 83.0 cm³/mol. The second-order valence-electron chi connectivity index (χ2n) is 4.03. The summed E-state index contributed by atoms with van der Waals surface area (Å²) in [6, 6.07) is 7.85. The third kappa shape index (κ3) is 2.56. The van der Waals surface area contributed by atoms with Gasteiger partial charge in [-0.15, -0.1) is 22.7 Å². The average Bonchev–Trinajstić information content (AvgIpc) is 3.07. The maximum absolute atomic E-state index is 5.93. The molecule has 96 valence electrons. The molecule has 0 spiro atoms. The van der Waals surface area contributed by atoms with Crippen LogP contribution in [-0.2, 0) is 6.42 Å². The molecular formula is C14H11ClN2S2. The summed E-state index contributed by atoms with van der Waals surface area (Å²) in [4.78, 5) is 10.2. The molecule has 0 saturated carbocycles. The van der Waals surface area contributed by atoms with Crippen molar-refractivity contribution in [1.82, 2.24) is 9.97 Å². The summed E-state index contributed by atoms with van der Waals surface area (Å²) in [5, 5.41) is 3.83. The van der Waals surface area contributed by atoms with E-state index in [4.69, 9.17) is 11.6 Å². The molecule has 0 fully saturated rings. The van der Waals surface area contributed by atoms with Crippen molar-refractivity contribution in [1.29, 1.82) is 0 Å². The topological polar surface area (TPSA) is 25.8 Å². The second kappa shape index (κ2) is 5.41. The van der Waals surface area contributed by atoms with Crippen LogP contribution in [0.2, 0.25) is 5.02 Å². The lowest BCUT2D eigenvalue weighted by Gasteiger charge is -2.00. The standard InChI is InChI=1S/C14H11ClN2S2/c1-2-11-7-18-14(17-11)12-13(19-8-16-12)9-3-5-10(15)6-4-9/h3-8H,2H2,1H3. The Morgan fingerprint density at radius 2 is 1.95 bits per heavy atom. The predicted octanol–water partition coefficient (Wildman–Crippen LogP) is 5.15. The van der Waals surface area contributed by atoms with Crippen LogP contribution >= 0.6 is 34.3 Å². The van der Waals surface area contributed by atoms with Gasteiger partial charge in [0.15, 0.2) is 0 Å². The van der Waals surface area contributed by atoms with E-state index in [2.05, 4.69) is 22.3 Å². The van der Waals surface area contributed by atoms with E-state index in [0.29, 0.717) is 0 Å². The summed E-state index contributed by atoms with van der Waals surface area (Å²) >= 11 is 9.21. The van der Waals surface area contributed by atoms with Gasteiger partial charge in [0.25, 0.3) is 0 Å². The number of benzene rings is 1. The number of nitrogens with zero attached hydrogens (tertiary/aromatic N) is 2. The van der Waals surface area contributed by atoms with Gasteiger partial charge in [-0.3, -0.25) is 0 Å². The smallest absolute Gasteiger partial charge is 0.143 e. The highest BCUT2D eigenvalue weighted by Crippen LogP contribution is 2.36. The normalized spacial score (nSPS) is 10.8. The molecule has 3 rings (SSSR count). The zero-order chi connectivity index (χ0) is 13.2. The average molecular weight is 307 g/mol. The minimum atomic E-state index is 0.748. The summed E-state index contributed by atoms with van der Waals surface area (Å²) < 4.78 is 0. The molecule has 2 nitrogen and oxygen atoms in total. The Hall–Kier alpha value is -1.23. The van der Waals surface area contributed by atoms with Crippen molar-refractivity contribution in [3.05, 3.63) is 45.9 Å². The molecule has 0 aliphatic carbocycles.